The van der Waals surface area contributed by atoms with E-state index in [1.54, 1.807) is 0 Å². The molecule has 1 saturated heterocycles. The number of nitrogens with one attached hydrogen (secondary N) is 2. The van der Waals surface area contributed by atoms with Gasteiger partial charge in [0.15, 0.2) is 0 Å². The van der Waals surface area contributed by atoms with Crippen LogP contribution in [0.25, 0.3) is 0 Å². The zero-order chi connectivity index (χ0) is 22.1. The number of benzene rings is 1. The van der Waals surface area contributed by atoms with Crippen LogP contribution in [0.15, 0.2) is 30.3 Å². The van der Waals surface area contributed by atoms with Gasteiger partial charge in [-0.25, -0.2) is 9.59 Å². The summed E-state index contributed by atoms with van der Waals surface area (Å²) in [5.41, 5.74) is 0.117. The molecule has 3 aliphatic rings. The zero-order valence-corrected chi connectivity index (χ0v) is 18.7. The Bertz CT molecular complexity index is 793. The molecule has 7 heteroatoms. The lowest BCUT2D eigenvalue weighted by Crippen LogP contribution is -2.44. The first-order valence-electron chi connectivity index (χ1n) is 11.3. The molecule has 2 N–H and O–H groups in total. The molecule has 2 unspecified atom stereocenters. The van der Waals surface area contributed by atoms with Gasteiger partial charge >= 0.3 is 12.2 Å². The number of hydrogen-bond acceptors (Lipinski definition) is 5. The summed E-state index contributed by atoms with van der Waals surface area (Å²) in [6.45, 7) is 7.25. The molecule has 0 bridgehead atoms. The standard InChI is InChI=1S/C24H34N2O5/c1-23(2,3)30-22(28)26-18-9-10-19-17(11-18)12-24(15-25-21(27)31-24)20(19)14-29-13-16-7-5-4-6-8-16/h4-8,17-20H,9-15H2,1-3H3,(H,25,27)(H,26,28)/t17-,18?,19+,20-,24?/m0/s1. The third kappa shape index (κ3) is 5.14. The monoisotopic (exact) mass is 430 g/mol. The number of amides is 2. The molecule has 5 atom stereocenters. The van der Waals surface area contributed by atoms with E-state index in [4.69, 9.17) is 14.2 Å². The summed E-state index contributed by atoms with van der Waals surface area (Å²) in [7, 11) is 0. The Labute approximate surface area is 184 Å². The molecule has 0 aromatic heterocycles. The van der Waals surface area contributed by atoms with E-state index in [0.29, 0.717) is 31.6 Å². The van der Waals surface area contributed by atoms with Crippen molar-refractivity contribution in [1.29, 1.82) is 0 Å². The van der Waals surface area contributed by atoms with Crippen LogP contribution >= 0.6 is 0 Å². The van der Waals surface area contributed by atoms with Crippen LogP contribution < -0.4 is 10.6 Å². The molecule has 1 aromatic carbocycles. The second kappa shape index (κ2) is 8.69. The van der Waals surface area contributed by atoms with Crippen LogP contribution in [0.4, 0.5) is 9.59 Å². The molecule has 170 valence electrons. The van der Waals surface area contributed by atoms with E-state index < -0.39 is 11.2 Å². The van der Waals surface area contributed by atoms with Gasteiger partial charge in [-0.15, -0.1) is 0 Å². The number of alkyl carbamates (subject to hydrolysis) is 2. The predicted octanol–water partition coefficient (Wildman–Crippen LogP) is 4.01. The van der Waals surface area contributed by atoms with Crippen molar-refractivity contribution in [3.63, 3.8) is 0 Å². The van der Waals surface area contributed by atoms with Gasteiger partial charge in [0.05, 0.1) is 19.8 Å². The second-order valence-electron chi connectivity index (χ2n) is 10.2. The van der Waals surface area contributed by atoms with Crippen molar-refractivity contribution in [2.45, 2.75) is 70.3 Å². The van der Waals surface area contributed by atoms with Gasteiger partial charge < -0.3 is 24.8 Å². The Morgan fingerprint density at radius 1 is 1.26 bits per heavy atom. The highest BCUT2D eigenvalue weighted by Crippen LogP contribution is 2.53. The Kier molecular flexibility index (Phi) is 6.15. The maximum Gasteiger partial charge on any atom is 0.407 e. The maximum absolute atomic E-state index is 12.2. The number of carbonyl (C=O) groups is 2. The molecule has 1 aliphatic heterocycles. The fourth-order valence-corrected chi connectivity index (χ4v) is 5.60. The second-order valence-corrected chi connectivity index (χ2v) is 10.2. The summed E-state index contributed by atoms with van der Waals surface area (Å²) in [6.07, 6.45) is 2.85. The first kappa shape index (κ1) is 21.9. The molecule has 2 saturated carbocycles. The average molecular weight is 431 g/mol. The summed E-state index contributed by atoms with van der Waals surface area (Å²) in [6, 6.07) is 10.2. The smallest absolute Gasteiger partial charge is 0.407 e. The SMILES string of the molecule is CC(C)(C)OC(=O)NC1CC[C@@H]2[C@@H](C1)CC1(CNC(=O)O1)[C@H]2COCc1ccccc1. The van der Waals surface area contributed by atoms with E-state index in [-0.39, 0.29) is 24.1 Å². The molecular formula is C24H34N2O5. The highest BCUT2D eigenvalue weighted by atomic mass is 16.6. The molecular weight excluding hydrogens is 396 g/mol. The highest BCUT2D eigenvalue weighted by molar-refractivity contribution is 5.70. The first-order chi connectivity index (χ1) is 14.7. The van der Waals surface area contributed by atoms with Crippen LogP contribution in [0.5, 0.6) is 0 Å². The van der Waals surface area contributed by atoms with Gasteiger partial charge in [0, 0.05) is 12.0 Å². The minimum absolute atomic E-state index is 0.0854. The van der Waals surface area contributed by atoms with Gasteiger partial charge in [-0.3, -0.25) is 0 Å². The fourth-order valence-electron chi connectivity index (χ4n) is 5.60. The van der Waals surface area contributed by atoms with Crippen LogP contribution in [0.3, 0.4) is 0 Å². The molecule has 2 aliphatic carbocycles. The molecule has 1 heterocycles. The van der Waals surface area contributed by atoms with Crippen molar-refractivity contribution in [1.82, 2.24) is 10.6 Å². The molecule has 0 radical (unpaired) electrons. The Morgan fingerprint density at radius 2 is 2.03 bits per heavy atom. The molecule has 3 fully saturated rings. The zero-order valence-electron chi connectivity index (χ0n) is 18.7. The molecule has 1 spiro atoms. The normalized spacial score (nSPS) is 32.3. The minimum Gasteiger partial charge on any atom is -0.444 e. The lowest BCUT2D eigenvalue weighted by molar-refractivity contribution is -0.0334. The fraction of sp³-hybridized carbons (Fsp3) is 0.667. The summed E-state index contributed by atoms with van der Waals surface area (Å²) in [4.78, 5) is 24.2. The minimum atomic E-state index is -0.510. The molecule has 4 rings (SSSR count). The third-order valence-electron chi connectivity index (χ3n) is 6.80. The van der Waals surface area contributed by atoms with Gasteiger partial charge in [0.2, 0.25) is 0 Å². The van der Waals surface area contributed by atoms with E-state index in [1.807, 2.05) is 39.0 Å². The van der Waals surface area contributed by atoms with E-state index >= 15 is 0 Å². The van der Waals surface area contributed by atoms with Crippen molar-refractivity contribution >= 4 is 12.2 Å². The molecule has 31 heavy (non-hydrogen) atoms. The quantitative estimate of drug-likeness (QED) is 0.737. The highest BCUT2D eigenvalue weighted by Gasteiger charge is 2.59. The van der Waals surface area contributed by atoms with Crippen LogP contribution in [0.2, 0.25) is 0 Å². The third-order valence-corrected chi connectivity index (χ3v) is 6.80. The first-order valence-corrected chi connectivity index (χ1v) is 11.3. The van der Waals surface area contributed by atoms with Crippen molar-refractivity contribution in [3.8, 4) is 0 Å². The van der Waals surface area contributed by atoms with Crippen molar-refractivity contribution in [2.24, 2.45) is 17.8 Å². The van der Waals surface area contributed by atoms with E-state index in [1.165, 1.54) is 0 Å². The van der Waals surface area contributed by atoms with Gasteiger partial charge in [0.25, 0.3) is 0 Å². The molecule has 1 aromatic rings. The van der Waals surface area contributed by atoms with E-state index in [2.05, 4.69) is 22.8 Å². The van der Waals surface area contributed by atoms with Crippen molar-refractivity contribution < 1.29 is 23.8 Å². The topological polar surface area (TPSA) is 85.9 Å². The number of ether oxygens (including phenoxy) is 3. The lowest BCUT2D eigenvalue weighted by atomic mass is 9.75. The number of carbonyl (C=O) groups excluding carboxylic acids is 2. The Balaban J connectivity index is 1.39. The summed E-state index contributed by atoms with van der Waals surface area (Å²) in [5.74, 6) is 0.953. The summed E-state index contributed by atoms with van der Waals surface area (Å²) < 4.78 is 17.4. The predicted molar refractivity (Wildman–Crippen MR) is 115 cm³/mol. The van der Waals surface area contributed by atoms with E-state index in [9.17, 15) is 9.59 Å². The Hall–Kier alpha value is -2.28. The van der Waals surface area contributed by atoms with Crippen LogP contribution in [-0.4, -0.2) is 42.6 Å². The summed E-state index contributed by atoms with van der Waals surface area (Å²) >= 11 is 0. The van der Waals surface area contributed by atoms with Gasteiger partial charge in [0.1, 0.15) is 11.2 Å². The van der Waals surface area contributed by atoms with Gasteiger partial charge in [-0.05, 0) is 63.9 Å². The largest absolute Gasteiger partial charge is 0.444 e. The van der Waals surface area contributed by atoms with Crippen LogP contribution in [0, 0.1) is 17.8 Å². The maximum atomic E-state index is 12.2. The number of fused-ring (bicyclic) bond motifs is 1. The van der Waals surface area contributed by atoms with E-state index in [0.717, 1.165) is 31.2 Å². The number of hydrogen-bond donors (Lipinski definition) is 2. The number of rotatable bonds is 5. The van der Waals surface area contributed by atoms with Crippen molar-refractivity contribution in [2.75, 3.05) is 13.2 Å². The Morgan fingerprint density at radius 3 is 2.71 bits per heavy atom. The van der Waals surface area contributed by atoms with Gasteiger partial charge in [-0.2, -0.15) is 0 Å². The summed E-state index contributed by atoms with van der Waals surface area (Å²) in [5, 5.41) is 5.90. The lowest BCUT2D eigenvalue weighted by Gasteiger charge is -2.35. The molecule has 2 amide bonds. The van der Waals surface area contributed by atoms with Gasteiger partial charge in [-0.1, -0.05) is 30.3 Å². The van der Waals surface area contributed by atoms with Crippen molar-refractivity contribution in [3.05, 3.63) is 35.9 Å². The molecule has 7 nitrogen and oxygen atoms in total. The van der Waals surface area contributed by atoms with Crippen LogP contribution in [0.1, 0.15) is 52.0 Å². The van der Waals surface area contributed by atoms with Crippen LogP contribution in [-0.2, 0) is 20.8 Å². The average Bonchev–Trinajstić information content (AvgIpc) is 3.20.